The van der Waals surface area contributed by atoms with Gasteiger partial charge in [0.15, 0.2) is 24.0 Å². The molecule has 2 rings (SSSR count). The zero-order valence-electron chi connectivity index (χ0n) is 13.2. The van der Waals surface area contributed by atoms with Crippen molar-refractivity contribution in [3.8, 4) is 5.75 Å². The van der Waals surface area contributed by atoms with Gasteiger partial charge in [0.05, 0.1) is 12.7 Å². The number of benzene rings is 2. The highest BCUT2D eigenvalue weighted by atomic mass is 19.1. The minimum atomic E-state index is -0.640. The van der Waals surface area contributed by atoms with Crippen molar-refractivity contribution in [2.45, 2.75) is 13.8 Å². The van der Waals surface area contributed by atoms with Crippen LogP contribution in [-0.4, -0.2) is 25.5 Å². The Hall–Kier alpha value is -2.69. The van der Waals surface area contributed by atoms with Crippen LogP contribution in [0.2, 0.25) is 0 Å². The van der Waals surface area contributed by atoms with Gasteiger partial charge in [0.25, 0.3) is 0 Å². The van der Waals surface area contributed by atoms with Crippen LogP contribution in [0.4, 0.5) is 4.39 Å². The van der Waals surface area contributed by atoms with Crippen LogP contribution < -0.4 is 4.74 Å². The first-order chi connectivity index (χ1) is 10.9. The van der Waals surface area contributed by atoms with Gasteiger partial charge in [-0.05, 0) is 49.2 Å². The molecule has 120 valence electrons. The summed E-state index contributed by atoms with van der Waals surface area (Å²) in [5, 5.41) is 0. The molecule has 0 aliphatic heterocycles. The summed E-state index contributed by atoms with van der Waals surface area (Å²) >= 11 is 0. The Morgan fingerprint density at radius 2 is 1.87 bits per heavy atom. The normalized spacial score (nSPS) is 10.3. The van der Waals surface area contributed by atoms with Crippen LogP contribution in [0.25, 0.3) is 0 Å². The van der Waals surface area contributed by atoms with E-state index in [1.165, 1.54) is 19.2 Å². The Morgan fingerprint density at radius 1 is 1.13 bits per heavy atom. The predicted octanol–water partition coefficient (Wildman–Crippen LogP) is 3.49. The van der Waals surface area contributed by atoms with Gasteiger partial charge < -0.3 is 9.47 Å². The van der Waals surface area contributed by atoms with Gasteiger partial charge in [0, 0.05) is 5.56 Å². The summed E-state index contributed by atoms with van der Waals surface area (Å²) in [6, 6.07) is 9.12. The molecule has 2 aromatic rings. The van der Waals surface area contributed by atoms with E-state index in [9.17, 15) is 14.0 Å². The third-order valence-corrected chi connectivity index (χ3v) is 3.63. The summed E-state index contributed by atoms with van der Waals surface area (Å²) in [5.74, 6) is -1.65. The van der Waals surface area contributed by atoms with Crippen LogP contribution in [0.3, 0.4) is 0 Å². The quantitative estimate of drug-likeness (QED) is 0.626. The van der Waals surface area contributed by atoms with Crippen molar-refractivity contribution < 1.29 is 23.5 Å². The lowest BCUT2D eigenvalue weighted by Crippen LogP contribution is -2.15. The molecule has 0 saturated heterocycles. The number of ether oxygens (including phenoxy) is 2. The molecule has 0 aliphatic rings. The van der Waals surface area contributed by atoms with Gasteiger partial charge in [-0.15, -0.1) is 0 Å². The fourth-order valence-corrected chi connectivity index (χ4v) is 2.10. The van der Waals surface area contributed by atoms with E-state index in [-0.39, 0.29) is 11.3 Å². The van der Waals surface area contributed by atoms with E-state index in [4.69, 9.17) is 9.47 Å². The van der Waals surface area contributed by atoms with Crippen LogP contribution in [0, 0.1) is 19.7 Å². The molecular formula is C18H17FO4. The molecule has 0 radical (unpaired) electrons. The summed E-state index contributed by atoms with van der Waals surface area (Å²) < 4.78 is 23.4. The highest BCUT2D eigenvalue weighted by Crippen LogP contribution is 2.18. The number of esters is 1. The smallest absolute Gasteiger partial charge is 0.338 e. The Bertz CT molecular complexity index is 753. The summed E-state index contributed by atoms with van der Waals surface area (Å²) in [4.78, 5) is 24.1. The Kier molecular flexibility index (Phi) is 5.11. The second-order valence-electron chi connectivity index (χ2n) is 5.10. The van der Waals surface area contributed by atoms with Crippen LogP contribution in [-0.2, 0) is 4.74 Å². The van der Waals surface area contributed by atoms with Crippen molar-refractivity contribution in [2.75, 3.05) is 13.7 Å². The van der Waals surface area contributed by atoms with Gasteiger partial charge in [0.2, 0.25) is 0 Å². The van der Waals surface area contributed by atoms with Gasteiger partial charge >= 0.3 is 5.97 Å². The molecule has 0 heterocycles. The second-order valence-corrected chi connectivity index (χ2v) is 5.10. The second kappa shape index (κ2) is 7.05. The lowest BCUT2D eigenvalue weighted by molar-refractivity contribution is 0.0474. The maximum atomic E-state index is 13.6. The van der Waals surface area contributed by atoms with Gasteiger partial charge in [0.1, 0.15) is 0 Å². The van der Waals surface area contributed by atoms with E-state index < -0.39 is 24.2 Å². The van der Waals surface area contributed by atoms with Crippen LogP contribution in [0.5, 0.6) is 5.75 Å². The zero-order chi connectivity index (χ0) is 17.0. The first-order valence-corrected chi connectivity index (χ1v) is 7.04. The number of ketones is 1. The Labute approximate surface area is 133 Å². The first kappa shape index (κ1) is 16.7. The van der Waals surface area contributed by atoms with Crippen molar-refractivity contribution >= 4 is 11.8 Å². The molecule has 0 aliphatic carbocycles. The molecule has 0 amide bonds. The Morgan fingerprint density at radius 3 is 2.52 bits per heavy atom. The monoisotopic (exact) mass is 316 g/mol. The van der Waals surface area contributed by atoms with Gasteiger partial charge in [-0.3, -0.25) is 4.79 Å². The number of Topliss-reactive ketones (excluding diaryl/α,β-unsaturated/α-hetero) is 1. The van der Waals surface area contributed by atoms with E-state index in [0.717, 1.165) is 17.2 Å². The average molecular weight is 316 g/mol. The maximum Gasteiger partial charge on any atom is 0.338 e. The predicted molar refractivity (Wildman–Crippen MR) is 83.5 cm³/mol. The molecule has 4 nitrogen and oxygen atoms in total. The van der Waals surface area contributed by atoms with Crippen LogP contribution in [0.15, 0.2) is 36.4 Å². The topological polar surface area (TPSA) is 52.6 Å². The third-order valence-electron chi connectivity index (χ3n) is 3.63. The number of carbonyl (C=O) groups excluding carboxylic acids is 2. The van der Waals surface area contributed by atoms with Crippen molar-refractivity contribution in [2.24, 2.45) is 0 Å². The molecule has 23 heavy (non-hydrogen) atoms. The van der Waals surface area contributed by atoms with Gasteiger partial charge in [-0.2, -0.15) is 0 Å². The lowest BCUT2D eigenvalue weighted by atomic mass is 10.0. The van der Waals surface area contributed by atoms with Gasteiger partial charge in [-0.25, -0.2) is 9.18 Å². The minimum absolute atomic E-state index is 0.0499. The molecule has 0 N–H and O–H groups in total. The van der Waals surface area contributed by atoms with Crippen molar-refractivity contribution in [1.82, 2.24) is 0 Å². The first-order valence-electron chi connectivity index (χ1n) is 7.04. The summed E-state index contributed by atoms with van der Waals surface area (Å²) in [6.45, 7) is 3.25. The molecular weight excluding hydrogens is 299 g/mol. The number of hydrogen-bond acceptors (Lipinski definition) is 4. The number of methoxy groups -OCH3 is 1. The molecule has 0 saturated carbocycles. The third kappa shape index (κ3) is 3.74. The molecule has 0 fully saturated rings. The van der Waals surface area contributed by atoms with Crippen molar-refractivity contribution in [3.05, 3.63) is 64.5 Å². The highest BCUT2D eigenvalue weighted by molar-refractivity contribution is 5.99. The standard InChI is InChI=1S/C18H17FO4/c1-11-5-4-6-14(12(11)2)18(21)23-10-16(20)13-7-8-17(22-3)15(19)9-13/h4-9H,10H2,1-3H3. The fourth-order valence-electron chi connectivity index (χ4n) is 2.10. The molecule has 0 atom stereocenters. The van der Waals surface area contributed by atoms with Crippen molar-refractivity contribution in [3.63, 3.8) is 0 Å². The lowest BCUT2D eigenvalue weighted by Gasteiger charge is -2.09. The highest BCUT2D eigenvalue weighted by Gasteiger charge is 2.15. The van der Waals surface area contributed by atoms with E-state index in [1.54, 1.807) is 12.1 Å². The maximum absolute atomic E-state index is 13.6. The fraction of sp³-hybridized carbons (Fsp3) is 0.222. The number of halogens is 1. The molecule has 2 aromatic carbocycles. The van der Waals surface area contributed by atoms with Crippen LogP contribution in [0.1, 0.15) is 31.8 Å². The average Bonchev–Trinajstić information content (AvgIpc) is 2.54. The van der Waals surface area contributed by atoms with Crippen LogP contribution >= 0.6 is 0 Å². The van der Waals surface area contributed by atoms with E-state index in [2.05, 4.69) is 0 Å². The van der Waals surface area contributed by atoms with Gasteiger partial charge in [-0.1, -0.05) is 12.1 Å². The number of carbonyl (C=O) groups is 2. The Balaban J connectivity index is 2.05. The minimum Gasteiger partial charge on any atom is -0.494 e. The molecule has 0 aromatic heterocycles. The number of aryl methyl sites for hydroxylation is 1. The zero-order valence-corrected chi connectivity index (χ0v) is 13.2. The summed E-state index contributed by atoms with van der Waals surface area (Å²) in [6.07, 6.45) is 0. The molecule has 0 spiro atoms. The SMILES string of the molecule is COc1ccc(C(=O)COC(=O)c2cccc(C)c2C)cc1F. The van der Waals surface area contributed by atoms with E-state index in [0.29, 0.717) is 5.56 Å². The molecule has 0 bridgehead atoms. The van der Waals surface area contributed by atoms with Crippen molar-refractivity contribution in [1.29, 1.82) is 0 Å². The van der Waals surface area contributed by atoms with E-state index in [1.807, 2.05) is 19.9 Å². The number of rotatable bonds is 5. The summed E-state index contributed by atoms with van der Waals surface area (Å²) in [7, 11) is 1.34. The largest absolute Gasteiger partial charge is 0.494 e. The number of hydrogen-bond donors (Lipinski definition) is 0. The molecule has 5 heteroatoms. The summed E-state index contributed by atoms with van der Waals surface area (Å²) in [5.41, 5.74) is 2.30. The molecule has 0 unspecified atom stereocenters. The van der Waals surface area contributed by atoms with E-state index >= 15 is 0 Å².